The zero-order valence-electron chi connectivity index (χ0n) is 22.0. The highest BCUT2D eigenvalue weighted by Crippen LogP contribution is 2.29. The third-order valence-electron chi connectivity index (χ3n) is 7.42. The highest BCUT2D eigenvalue weighted by molar-refractivity contribution is 5.96. The number of nitriles is 1. The van der Waals surface area contributed by atoms with Gasteiger partial charge in [-0.3, -0.25) is 10.1 Å². The minimum Gasteiger partial charge on any atom is -0.449 e. The van der Waals surface area contributed by atoms with Gasteiger partial charge in [-0.15, -0.1) is 0 Å². The number of hydrogen-bond acceptors (Lipinski definition) is 7. The lowest BCUT2D eigenvalue weighted by Crippen LogP contribution is -2.56. The van der Waals surface area contributed by atoms with E-state index in [0.29, 0.717) is 58.7 Å². The zero-order chi connectivity index (χ0) is 27.6. The summed E-state index contributed by atoms with van der Waals surface area (Å²) in [5.74, 6) is -0.0567. The van der Waals surface area contributed by atoms with Gasteiger partial charge in [-0.2, -0.15) is 18.4 Å². The van der Waals surface area contributed by atoms with E-state index in [9.17, 15) is 28.0 Å². The van der Waals surface area contributed by atoms with E-state index >= 15 is 0 Å². The van der Waals surface area contributed by atoms with Gasteiger partial charge in [0.15, 0.2) is 0 Å². The average molecular weight is 547 g/mol. The molecule has 2 saturated heterocycles. The molecular formula is C25H41F3N6O4. The Labute approximate surface area is 223 Å². The topological polar surface area (TPSA) is 119 Å². The van der Waals surface area contributed by atoms with Gasteiger partial charge in [0.05, 0.1) is 25.7 Å². The Balaban J connectivity index is 0.00000533. The predicted molar refractivity (Wildman–Crippen MR) is 135 cm³/mol. The maximum atomic E-state index is 13.6. The van der Waals surface area contributed by atoms with E-state index in [1.54, 1.807) is 4.90 Å². The molecule has 2 amide bonds. The van der Waals surface area contributed by atoms with Gasteiger partial charge in [0.2, 0.25) is 11.9 Å². The van der Waals surface area contributed by atoms with Gasteiger partial charge in [-0.25, -0.2) is 9.79 Å². The van der Waals surface area contributed by atoms with Gasteiger partial charge in [0, 0.05) is 27.6 Å². The molecule has 38 heavy (non-hydrogen) atoms. The molecule has 0 unspecified atom stereocenters. The molecule has 1 aliphatic carbocycles. The molecule has 13 heteroatoms. The van der Waals surface area contributed by atoms with Crippen LogP contribution in [0.3, 0.4) is 0 Å². The van der Waals surface area contributed by atoms with Crippen molar-refractivity contribution in [3.05, 3.63) is 0 Å². The predicted octanol–water partition coefficient (Wildman–Crippen LogP) is 3.04. The number of carbonyl (C=O) groups excluding carboxylic acids is 2. The summed E-state index contributed by atoms with van der Waals surface area (Å²) < 4.78 is 47.6. The number of halogens is 3. The van der Waals surface area contributed by atoms with E-state index in [2.05, 4.69) is 26.6 Å². The van der Waals surface area contributed by atoms with Crippen molar-refractivity contribution < 1.29 is 33.7 Å². The Bertz CT molecular complexity index is 865. The second-order valence-electron chi connectivity index (χ2n) is 10.4. The summed E-state index contributed by atoms with van der Waals surface area (Å²) in [6.07, 6.45) is -0.136. The van der Waals surface area contributed by atoms with Crippen LogP contribution in [0.5, 0.6) is 0 Å². The Morgan fingerprint density at radius 3 is 2.45 bits per heavy atom. The van der Waals surface area contributed by atoms with E-state index < -0.39 is 36.9 Å². The van der Waals surface area contributed by atoms with Crippen LogP contribution in [0.25, 0.3) is 0 Å². The van der Waals surface area contributed by atoms with Crippen molar-refractivity contribution in [2.75, 3.05) is 53.0 Å². The van der Waals surface area contributed by atoms with Crippen molar-refractivity contribution in [2.45, 2.75) is 75.5 Å². The molecule has 2 heterocycles. The normalized spacial score (nSPS) is 22.3. The highest BCUT2D eigenvalue weighted by Gasteiger charge is 2.38. The second kappa shape index (κ2) is 14.0. The third-order valence-corrected chi connectivity index (χ3v) is 7.42. The molecule has 3 rings (SSSR count). The molecule has 0 bridgehead atoms. The van der Waals surface area contributed by atoms with E-state index in [0.717, 1.165) is 32.1 Å². The van der Waals surface area contributed by atoms with Gasteiger partial charge in [-0.1, -0.05) is 32.1 Å². The van der Waals surface area contributed by atoms with Crippen molar-refractivity contribution in [3.63, 3.8) is 0 Å². The summed E-state index contributed by atoms with van der Waals surface area (Å²) in [6, 6.07) is 1.42. The lowest BCUT2D eigenvalue weighted by molar-refractivity contribution is -0.141. The Morgan fingerprint density at radius 2 is 1.84 bits per heavy atom. The lowest BCUT2D eigenvalue weighted by Gasteiger charge is -2.37. The standard InChI is InChI=1S/C25H39F3N6O4.H2/c1-33-10-7-24(18-29,8-11-33)32-21(35)20(17-19-5-3-2-4-6-19)30-22(34-12-15-37-16-13-34)31-23(36)38-14-9-25(26,27)28;/h19-20H,2-17H2,1H3,(H,32,35)(H,30,31,36);1H/t20-;/m0./s1. The van der Waals surface area contributed by atoms with Crippen LogP contribution in [0.15, 0.2) is 4.99 Å². The lowest BCUT2D eigenvalue weighted by atomic mass is 9.84. The average Bonchev–Trinajstić information content (AvgIpc) is 2.89. The molecule has 2 aliphatic heterocycles. The van der Waals surface area contributed by atoms with Gasteiger partial charge in [0.1, 0.15) is 18.2 Å². The van der Waals surface area contributed by atoms with Crippen LogP contribution in [0.2, 0.25) is 0 Å². The smallest absolute Gasteiger partial charge is 0.413 e. The molecule has 0 aromatic rings. The van der Waals surface area contributed by atoms with Crippen LogP contribution >= 0.6 is 0 Å². The van der Waals surface area contributed by atoms with Crippen LogP contribution in [0.1, 0.15) is 59.2 Å². The molecule has 2 N–H and O–H groups in total. The second-order valence-corrected chi connectivity index (χ2v) is 10.4. The number of alkyl halides is 3. The number of hydrogen-bond donors (Lipinski definition) is 2. The van der Waals surface area contributed by atoms with Crippen molar-refractivity contribution >= 4 is 18.0 Å². The third kappa shape index (κ3) is 9.62. The maximum absolute atomic E-state index is 13.6. The molecule has 0 aromatic carbocycles. The Hall–Kier alpha value is -2.59. The van der Waals surface area contributed by atoms with Crippen LogP contribution in [-0.4, -0.2) is 98.6 Å². The Kier molecular flexibility index (Phi) is 11.0. The molecule has 3 fully saturated rings. The van der Waals surface area contributed by atoms with E-state index in [1.807, 2.05) is 7.05 Å². The number of carbonyl (C=O) groups is 2. The highest BCUT2D eigenvalue weighted by atomic mass is 19.4. The molecule has 0 spiro atoms. The van der Waals surface area contributed by atoms with Gasteiger partial charge < -0.3 is 24.6 Å². The number of nitrogens with one attached hydrogen (secondary N) is 2. The van der Waals surface area contributed by atoms with Gasteiger partial charge in [-0.05, 0) is 32.2 Å². The largest absolute Gasteiger partial charge is 0.449 e. The molecule has 1 atom stereocenters. The number of morpholine rings is 1. The summed E-state index contributed by atoms with van der Waals surface area (Å²) in [7, 11) is 1.97. The number of nitrogens with zero attached hydrogens (tertiary/aromatic N) is 4. The fourth-order valence-electron chi connectivity index (χ4n) is 5.04. The molecule has 0 radical (unpaired) electrons. The first kappa shape index (κ1) is 30.0. The van der Waals surface area contributed by atoms with Crippen molar-refractivity contribution in [1.29, 1.82) is 5.26 Å². The number of piperidine rings is 1. The Morgan fingerprint density at radius 1 is 1.18 bits per heavy atom. The zero-order valence-corrected chi connectivity index (χ0v) is 22.0. The minimum atomic E-state index is -4.45. The van der Waals surface area contributed by atoms with Crippen molar-refractivity contribution in [3.8, 4) is 6.07 Å². The van der Waals surface area contributed by atoms with Crippen LogP contribution in [-0.2, 0) is 14.3 Å². The van der Waals surface area contributed by atoms with Crippen LogP contribution in [0, 0.1) is 17.2 Å². The first-order chi connectivity index (χ1) is 18.1. The summed E-state index contributed by atoms with van der Waals surface area (Å²) >= 11 is 0. The van der Waals surface area contributed by atoms with Gasteiger partial charge in [0.25, 0.3) is 0 Å². The molecule has 0 aromatic heterocycles. The van der Waals surface area contributed by atoms with Crippen LogP contribution in [0.4, 0.5) is 18.0 Å². The summed E-state index contributed by atoms with van der Waals surface area (Å²) in [6.45, 7) is 2.03. The number of aliphatic imine (C=N–C) groups is 1. The van der Waals surface area contributed by atoms with Crippen molar-refractivity contribution in [2.24, 2.45) is 10.9 Å². The number of guanidine groups is 1. The first-order valence-electron chi connectivity index (χ1n) is 13.4. The fourth-order valence-corrected chi connectivity index (χ4v) is 5.04. The molecule has 216 valence electrons. The summed E-state index contributed by atoms with van der Waals surface area (Å²) in [5, 5.41) is 15.4. The first-order valence-corrected chi connectivity index (χ1v) is 13.4. The molecular weight excluding hydrogens is 505 g/mol. The molecule has 10 nitrogen and oxygen atoms in total. The number of likely N-dealkylation sites (tertiary alicyclic amines) is 1. The van der Waals surface area contributed by atoms with E-state index in [-0.39, 0.29) is 19.2 Å². The monoisotopic (exact) mass is 546 g/mol. The van der Waals surface area contributed by atoms with E-state index in [1.165, 1.54) is 0 Å². The molecule has 3 aliphatic rings. The quantitative estimate of drug-likeness (QED) is 0.372. The number of alkyl carbamates (subject to hydrolysis) is 1. The van der Waals surface area contributed by atoms with Crippen molar-refractivity contribution in [1.82, 2.24) is 20.4 Å². The number of amides is 2. The number of ether oxygens (including phenoxy) is 2. The minimum absolute atomic E-state index is 0. The summed E-state index contributed by atoms with van der Waals surface area (Å²) in [4.78, 5) is 34.5. The number of rotatable bonds is 7. The maximum Gasteiger partial charge on any atom is 0.413 e. The van der Waals surface area contributed by atoms with E-state index in [4.69, 9.17) is 9.47 Å². The summed E-state index contributed by atoms with van der Waals surface area (Å²) in [5.41, 5.74) is -0.993. The SMILES string of the molecule is CN1CCC(C#N)(NC(=O)[C@H](CC2CCCCC2)N=C(NC(=O)OCCC(F)(F)F)N2CCOCC2)CC1.[HH]. The van der Waals surface area contributed by atoms with Crippen LogP contribution < -0.4 is 10.6 Å². The fraction of sp³-hybridized carbons (Fsp3) is 0.840. The van der Waals surface area contributed by atoms with Gasteiger partial charge >= 0.3 is 12.3 Å². The molecule has 1 saturated carbocycles.